The van der Waals surface area contributed by atoms with Crippen molar-refractivity contribution < 1.29 is 9.53 Å². The quantitative estimate of drug-likeness (QED) is 0.877. The molecule has 1 aromatic carbocycles. The summed E-state index contributed by atoms with van der Waals surface area (Å²) < 4.78 is 5.44. The predicted molar refractivity (Wildman–Crippen MR) is 90.8 cm³/mol. The molecule has 1 unspecified atom stereocenters. The van der Waals surface area contributed by atoms with Crippen LogP contribution in [0.15, 0.2) is 48.7 Å². The Morgan fingerprint density at radius 2 is 2.00 bits per heavy atom. The summed E-state index contributed by atoms with van der Waals surface area (Å²) in [6.45, 7) is 1.46. The lowest BCUT2D eigenvalue weighted by Gasteiger charge is -2.29. The number of rotatable bonds is 5. The van der Waals surface area contributed by atoms with E-state index in [1.165, 1.54) is 0 Å². The number of nitrogens with zero attached hydrogens (tertiary/aromatic N) is 1. The molecule has 23 heavy (non-hydrogen) atoms. The lowest BCUT2D eigenvalue weighted by atomic mass is 9.98. The van der Waals surface area contributed by atoms with Crippen molar-refractivity contribution in [2.24, 2.45) is 5.92 Å². The van der Waals surface area contributed by atoms with Gasteiger partial charge >= 0.3 is 0 Å². The normalized spacial score (nSPS) is 15.0. The van der Waals surface area contributed by atoms with E-state index in [1.54, 1.807) is 13.3 Å². The zero-order chi connectivity index (χ0) is 15.4. The highest BCUT2D eigenvalue weighted by Crippen LogP contribution is 2.29. The first kappa shape index (κ1) is 17.2. The molecule has 1 atom stereocenters. The number of ether oxygens (including phenoxy) is 1. The summed E-state index contributed by atoms with van der Waals surface area (Å²) in [4.78, 5) is 16.8. The summed E-state index contributed by atoms with van der Waals surface area (Å²) >= 11 is 0. The Bertz CT molecular complexity index is 647. The largest absolute Gasteiger partial charge is 0.496 e. The molecule has 0 aliphatic carbocycles. The van der Waals surface area contributed by atoms with Crippen LogP contribution in [0.5, 0.6) is 5.75 Å². The molecule has 1 fully saturated rings. The number of para-hydroxylation sites is 1. The Morgan fingerprint density at radius 3 is 2.61 bits per heavy atom. The highest BCUT2D eigenvalue weighted by molar-refractivity contribution is 5.85. The summed E-state index contributed by atoms with van der Waals surface area (Å²) in [5.74, 6) is 0.811. The fourth-order valence-electron chi connectivity index (χ4n) is 2.50. The first-order valence-electron chi connectivity index (χ1n) is 7.34. The Morgan fingerprint density at radius 1 is 1.26 bits per heavy atom. The van der Waals surface area contributed by atoms with Gasteiger partial charge in [0.15, 0.2) is 0 Å². The topological polar surface area (TPSA) is 63.2 Å². The minimum atomic E-state index is -0.314. The molecular weight excluding hydrogens is 314 g/mol. The minimum Gasteiger partial charge on any atom is -0.496 e. The molecule has 1 aliphatic heterocycles. The molecule has 2 N–H and O–H groups in total. The van der Waals surface area contributed by atoms with E-state index in [-0.39, 0.29) is 30.3 Å². The van der Waals surface area contributed by atoms with E-state index < -0.39 is 0 Å². The van der Waals surface area contributed by atoms with Crippen LogP contribution < -0.4 is 15.4 Å². The maximum Gasteiger partial charge on any atom is 0.226 e. The van der Waals surface area contributed by atoms with Crippen LogP contribution in [0.25, 0.3) is 0 Å². The van der Waals surface area contributed by atoms with Crippen molar-refractivity contribution in [2.45, 2.75) is 6.04 Å². The van der Waals surface area contributed by atoms with Gasteiger partial charge in [0.05, 0.1) is 24.8 Å². The third-order valence-corrected chi connectivity index (χ3v) is 3.87. The number of benzene rings is 1. The second-order valence-corrected chi connectivity index (χ2v) is 5.29. The van der Waals surface area contributed by atoms with Gasteiger partial charge in [-0.3, -0.25) is 9.78 Å². The molecule has 2 aromatic rings. The average molecular weight is 334 g/mol. The van der Waals surface area contributed by atoms with Crippen molar-refractivity contribution in [3.63, 3.8) is 0 Å². The molecular formula is C17H20ClN3O2. The highest BCUT2D eigenvalue weighted by atomic mass is 35.5. The molecule has 0 radical (unpaired) electrons. The van der Waals surface area contributed by atoms with E-state index in [4.69, 9.17) is 4.74 Å². The van der Waals surface area contributed by atoms with Crippen molar-refractivity contribution in [3.8, 4) is 5.75 Å². The zero-order valence-electron chi connectivity index (χ0n) is 12.9. The first-order valence-corrected chi connectivity index (χ1v) is 7.34. The molecule has 1 amide bonds. The maximum absolute atomic E-state index is 12.4. The van der Waals surface area contributed by atoms with E-state index in [0.717, 1.165) is 30.1 Å². The standard InChI is InChI=1S/C17H19N3O2.ClH/c1-22-15-8-3-2-6-13(15)16(14-7-4-5-9-19-14)20-17(21)12-10-18-11-12;/h2-9,12,16,18H,10-11H2,1H3,(H,20,21);1H. The van der Waals surface area contributed by atoms with Gasteiger partial charge in [0.2, 0.25) is 5.91 Å². The minimum absolute atomic E-state index is 0. The third-order valence-electron chi connectivity index (χ3n) is 3.87. The van der Waals surface area contributed by atoms with Crippen molar-refractivity contribution in [3.05, 3.63) is 59.9 Å². The van der Waals surface area contributed by atoms with Crippen molar-refractivity contribution >= 4 is 18.3 Å². The van der Waals surface area contributed by atoms with Crippen LogP contribution in [-0.2, 0) is 4.79 Å². The van der Waals surface area contributed by atoms with E-state index >= 15 is 0 Å². The number of carbonyl (C=O) groups excluding carboxylic acids is 1. The molecule has 1 aromatic heterocycles. The molecule has 5 nitrogen and oxygen atoms in total. The molecule has 3 rings (SSSR count). The number of halogens is 1. The van der Waals surface area contributed by atoms with Gasteiger partial charge in [-0.2, -0.15) is 0 Å². The monoisotopic (exact) mass is 333 g/mol. The smallest absolute Gasteiger partial charge is 0.226 e. The van der Waals surface area contributed by atoms with Gasteiger partial charge in [0.1, 0.15) is 5.75 Å². The Kier molecular flexibility index (Phi) is 5.96. The summed E-state index contributed by atoms with van der Waals surface area (Å²) in [5.41, 5.74) is 1.71. The Hall–Kier alpha value is -2.11. The van der Waals surface area contributed by atoms with Gasteiger partial charge in [0, 0.05) is 24.8 Å². The zero-order valence-corrected chi connectivity index (χ0v) is 13.7. The number of methoxy groups -OCH3 is 1. The number of pyridine rings is 1. The SMILES string of the molecule is COc1ccccc1C(NC(=O)C1CNC1)c1ccccn1.Cl. The average Bonchev–Trinajstić information content (AvgIpc) is 2.52. The molecule has 122 valence electrons. The first-order chi connectivity index (χ1) is 10.8. The van der Waals surface area contributed by atoms with Crippen molar-refractivity contribution in [2.75, 3.05) is 20.2 Å². The van der Waals surface area contributed by atoms with Gasteiger partial charge in [-0.1, -0.05) is 24.3 Å². The van der Waals surface area contributed by atoms with Gasteiger partial charge in [-0.25, -0.2) is 0 Å². The summed E-state index contributed by atoms with van der Waals surface area (Å²) in [6.07, 6.45) is 1.73. The molecule has 6 heteroatoms. The molecule has 0 bridgehead atoms. The summed E-state index contributed by atoms with van der Waals surface area (Å²) in [5, 5.41) is 6.22. The fraction of sp³-hybridized carbons (Fsp3) is 0.294. The van der Waals surface area contributed by atoms with Gasteiger partial charge in [-0.05, 0) is 18.2 Å². The Balaban J connectivity index is 0.00000192. The number of amides is 1. The van der Waals surface area contributed by atoms with Crippen LogP contribution in [-0.4, -0.2) is 31.1 Å². The van der Waals surface area contributed by atoms with Crippen LogP contribution in [0.2, 0.25) is 0 Å². The lowest BCUT2D eigenvalue weighted by Crippen LogP contribution is -2.51. The Labute approximate surface area is 141 Å². The van der Waals surface area contributed by atoms with E-state index in [9.17, 15) is 4.79 Å². The van der Waals surface area contributed by atoms with Gasteiger partial charge in [-0.15, -0.1) is 12.4 Å². The van der Waals surface area contributed by atoms with Crippen LogP contribution >= 0.6 is 12.4 Å². The fourth-order valence-corrected chi connectivity index (χ4v) is 2.50. The second kappa shape index (κ2) is 7.94. The summed E-state index contributed by atoms with van der Waals surface area (Å²) in [6, 6.07) is 13.1. The number of hydrogen-bond acceptors (Lipinski definition) is 4. The van der Waals surface area contributed by atoms with Crippen molar-refractivity contribution in [1.82, 2.24) is 15.6 Å². The molecule has 0 saturated carbocycles. The van der Waals surface area contributed by atoms with E-state index in [2.05, 4.69) is 15.6 Å². The van der Waals surface area contributed by atoms with E-state index in [1.807, 2.05) is 42.5 Å². The number of nitrogens with one attached hydrogen (secondary N) is 2. The third kappa shape index (κ3) is 3.81. The van der Waals surface area contributed by atoms with Crippen LogP contribution in [0, 0.1) is 5.92 Å². The number of carbonyl (C=O) groups is 1. The molecule has 2 heterocycles. The number of hydrogen-bond donors (Lipinski definition) is 2. The molecule has 1 aliphatic rings. The lowest BCUT2D eigenvalue weighted by molar-refractivity contribution is -0.126. The maximum atomic E-state index is 12.4. The summed E-state index contributed by atoms with van der Waals surface area (Å²) in [7, 11) is 1.63. The van der Waals surface area contributed by atoms with Gasteiger partial charge < -0.3 is 15.4 Å². The molecule has 0 spiro atoms. The highest BCUT2D eigenvalue weighted by Gasteiger charge is 2.29. The van der Waals surface area contributed by atoms with E-state index in [0.29, 0.717) is 0 Å². The van der Waals surface area contributed by atoms with Crippen LogP contribution in [0.1, 0.15) is 17.3 Å². The second-order valence-electron chi connectivity index (χ2n) is 5.29. The van der Waals surface area contributed by atoms with Crippen molar-refractivity contribution in [1.29, 1.82) is 0 Å². The van der Waals surface area contributed by atoms with Gasteiger partial charge in [0.25, 0.3) is 0 Å². The molecule has 1 saturated heterocycles. The van der Waals surface area contributed by atoms with Crippen LogP contribution in [0.4, 0.5) is 0 Å². The predicted octanol–water partition coefficient (Wildman–Crippen LogP) is 1.94. The van der Waals surface area contributed by atoms with Crippen LogP contribution in [0.3, 0.4) is 0 Å². The number of aromatic nitrogens is 1.